The Labute approximate surface area is 148 Å². The van der Waals surface area contributed by atoms with Gasteiger partial charge in [-0.25, -0.2) is 4.79 Å². The molecule has 0 bridgehead atoms. The summed E-state index contributed by atoms with van der Waals surface area (Å²) >= 11 is 0. The van der Waals surface area contributed by atoms with Crippen molar-refractivity contribution in [3.05, 3.63) is 59.4 Å². The van der Waals surface area contributed by atoms with E-state index in [0.717, 1.165) is 0 Å². The molecule has 0 aliphatic heterocycles. The lowest BCUT2D eigenvalue weighted by molar-refractivity contribution is -0.608. The van der Waals surface area contributed by atoms with Gasteiger partial charge in [-0.15, -0.1) is 0 Å². The molecule has 0 aliphatic carbocycles. The first-order valence-corrected chi connectivity index (χ1v) is 7.52. The number of carbonyl (C=O) groups is 1. The van der Waals surface area contributed by atoms with Crippen molar-refractivity contribution in [1.29, 1.82) is 0 Å². The summed E-state index contributed by atoms with van der Waals surface area (Å²) in [5.41, 5.74) is 0.458. The maximum atomic E-state index is 11.9. The molecule has 0 radical (unpaired) electrons. The number of pyridine rings is 1. The molecule has 26 heavy (non-hydrogen) atoms. The summed E-state index contributed by atoms with van der Waals surface area (Å²) in [5, 5.41) is 15.4. The van der Waals surface area contributed by atoms with Gasteiger partial charge in [-0.05, 0) is 18.2 Å². The van der Waals surface area contributed by atoms with Gasteiger partial charge in [0, 0.05) is 18.2 Å². The molecule has 3 rings (SSSR count). The largest absolute Gasteiger partial charge is 0.618 e. The summed E-state index contributed by atoms with van der Waals surface area (Å²) in [5.74, 6) is 0.693. The number of benzene rings is 1. The highest BCUT2D eigenvalue weighted by atomic mass is 16.6. The van der Waals surface area contributed by atoms with Crippen molar-refractivity contribution in [2.75, 3.05) is 14.2 Å². The van der Waals surface area contributed by atoms with E-state index in [0.29, 0.717) is 21.8 Å². The standard InChI is InChI=1S/C17H15N3O6/c1-23-11-6-7-12(14(9-11)24-2)16-18-15(26-19-16)10-25-17(21)13-5-3-4-8-20(13)22/h3-9H,10H2,1-2H3. The van der Waals surface area contributed by atoms with E-state index >= 15 is 0 Å². The monoisotopic (exact) mass is 357 g/mol. The molecule has 0 amide bonds. The van der Waals surface area contributed by atoms with Crippen LogP contribution in [0.1, 0.15) is 16.4 Å². The van der Waals surface area contributed by atoms with Crippen molar-refractivity contribution < 1.29 is 28.3 Å². The van der Waals surface area contributed by atoms with Gasteiger partial charge in [0.25, 0.3) is 5.89 Å². The first-order valence-electron chi connectivity index (χ1n) is 7.52. The quantitative estimate of drug-likeness (QED) is 0.373. The fourth-order valence-electron chi connectivity index (χ4n) is 2.19. The smallest absolute Gasteiger partial charge is 0.405 e. The topological polar surface area (TPSA) is 111 Å². The third-order valence-electron chi connectivity index (χ3n) is 3.48. The first kappa shape index (κ1) is 17.2. The van der Waals surface area contributed by atoms with Crippen LogP contribution in [0.3, 0.4) is 0 Å². The third kappa shape index (κ3) is 3.56. The molecule has 0 N–H and O–H groups in total. The second-order valence-electron chi connectivity index (χ2n) is 5.07. The number of rotatable bonds is 6. The normalized spacial score (nSPS) is 10.4. The van der Waals surface area contributed by atoms with Gasteiger partial charge < -0.3 is 23.9 Å². The maximum Gasteiger partial charge on any atom is 0.405 e. The van der Waals surface area contributed by atoms with E-state index in [2.05, 4.69) is 10.1 Å². The van der Waals surface area contributed by atoms with Crippen LogP contribution in [0.4, 0.5) is 0 Å². The molecule has 0 aliphatic rings. The maximum absolute atomic E-state index is 11.9. The molecule has 0 spiro atoms. The van der Waals surface area contributed by atoms with Crippen LogP contribution in [-0.4, -0.2) is 30.3 Å². The number of methoxy groups -OCH3 is 2. The number of esters is 1. The van der Waals surface area contributed by atoms with Crippen molar-refractivity contribution in [2.45, 2.75) is 6.61 Å². The van der Waals surface area contributed by atoms with Gasteiger partial charge in [0.1, 0.15) is 11.5 Å². The Hall–Kier alpha value is -3.62. The highest BCUT2D eigenvalue weighted by Crippen LogP contribution is 2.31. The summed E-state index contributed by atoms with van der Waals surface area (Å²) < 4.78 is 21.0. The molecule has 1 aromatic carbocycles. The number of hydrogen-bond acceptors (Lipinski definition) is 8. The fourth-order valence-corrected chi connectivity index (χ4v) is 2.19. The molecular formula is C17H15N3O6. The van der Waals surface area contributed by atoms with E-state index in [1.807, 2.05) is 0 Å². The second kappa shape index (κ2) is 7.51. The summed E-state index contributed by atoms with van der Waals surface area (Å²) in [6, 6.07) is 9.57. The fraction of sp³-hybridized carbons (Fsp3) is 0.176. The van der Waals surface area contributed by atoms with Crippen LogP contribution in [0.15, 0.2) is 47.1 Å². The van der Waals surface area contributed by atoms with E-state index < -0.39 is 5.97 Å². The van der Waals surface area contributed by atoms with Crippen LogP contribution in [0.5, 0.6) is 11.5 Å². The number of ether oxygens (including phenoxy) is 3. The Morgan fingerprint density at radius 3 is 2.81 bits per heavy atom. The van der Waals surface area contributed by atoms with Crippen LogP contribution >= 0.6 is 0 Å². The van der Waals surface area contributed by atoms with Gasteiger partial charge in [-0.3, -0.25) is 0 Å². The average Bonchev–Trinajstić information content (AvgIpc) is 3.14. The van der Waals surface area contributed by atoms with Gasteiger partial charge in [-0.1, -0.05) is 5.16 Å². The van der Waals surface area contributed by atoms with Crippen molar-refractivity contribution in [2.24, 2.45) is 0 Å². The molecule has 2 aromatic heterocycles. The van der Waals surface area contributed by atoms with Crippen LogP contribution in [0, 0.1) is 5.21 Å². The van der Waals surface area contributed by atoms with Gasteiger partial charge in [0.2, 0.25) is 5.82 Å². The van der Waals surface area contributed by atoms with E-state index in [4.69, 9.17) is 18.7 Å². The zero-order valence-electron chi connectivity index (χ0n) is 14.0. The lowest BCUT2D eigenvalue weighted by atomic mass is 10.2. The zero-order valence-corrected chi connectivity index (χ0v) is 14.0. The number of aromatic nitrogens is 3. The van der Waals surface area contributed by atoms with Gasteiger partial charge in [0.15, 0.2) is 12.8 Å². The van der Waals surface area contributed by atoms with Crippen LogP contribution in [0.2, 0.25) is 0 Å². The summed E-state index contributed by atoms with van der Waals surface area (Å²) in [4.78, 5) is 16.1. The number of hydrogen-bond donors (Lipinski definition) is 0. The highest BCUT2D eigenvalue weighted by Gasteiger charge is 2.19. The minimum Gasteiger partial charge on any atom is -0.618 e. The molecule has 134 valence electrons. The Balaban J connectivity index is 1.73. The Morgan fingerprint density at radius 1 is 1.23 bits per heavy atom. The SMILES string of the molecule is COc1ccc(-c2noc(COC(=O)c3cccc[n+]3[O-])n2)c(OC)c1. The van der Waals surface area contributed by atoms with Crippen LogP contribution < -0.4 is 14.2 Å². The molecule has 3 aromatic rings. The molecule has 9 nitrogen and oxygen atoms in total. The number of carbonyl (C=O) groups excluding carboxylic acids is 1. The van der Waals surface area contributed by atoms with E-state index in [-0.39, 0.29) is 24.0 Å². The second-order valence-corrected chi connectivity index (χ2v) is 5.07. The van der Waals surface area contributed by atoms with Crippen molar-refractivity contribution in [1.82, 2.24) is 10.1 Å². The predicted molar refractivity (Wildman–Crippen MR) is 87.4 cm³/mol. The first-order chi connectivity index (χ1) is 12.6. The minimum atomic E-state index is -0.789. The summed E-state index contributed by atoms with van der Waals surface area (Å²) in [6.07, 6.45) is 1.21. The van der Waals surface area contributed by atoms with Crippen molar-refractivity contribution in [3.8, 4) is 22.9 Å². The summed E-state index contributed by atoms with van der Waals surface area (Å²) in [7, 11) is 3.06. The Kier molecular flexibility index (Phi) is 4.97. The third-order valence-corrected chi connectivity index (χ3v) is 3.48. The molecule has 9 heteroatoms. The molecule has 0 fully saturated rings. The summed E-state index contributed by atoms with van der Waals surface area (Å²) in [6.45, 7) is -0.265. The van der Waals surface area contributed by atoms with Crippen molar-refractivity contribution in [3.63, 3.8) is 0 Å². The molecule has 0 saturated carbocycles. The molecule has 0 atom stereocenters. The predicted octanol–water partition coefficient (Wildman–Crippen LogP) is 1.74. The van der Waals surface area contributed by atoms with Gasteiger partial charge >= 0.3 is 11.7 Å². The molecule has 2 heterocycles. The van der Waals surface area contributed by atoms with Crippen LogP contribution in [0.25, 0.3) is 11.4 Å². The highest BCUT2D eigenvalue weighted by molar-refractivity contribution is 5.85. The Morgan fingerprint density at radius 2 is 2.08 bits per heavy atom. The molecule has 0 unspecified atom stereocenters. The zero-order chi connectivity index (χ0) is 18.5. The molecular weight excluding hydrogens is 342 g/mol. The van der Waals surface area contributed by atoms with Crippen LogP contribution in [-0.2, 0) is 11.3 Å². The lowest BCUT2D eigenvalue weighted by Crippen LogP contribution is -2.34. The molecule has 0 saturated heterocycles. The van der Waals surface area contributed by atoms with E-state index in [1.165, 1.54) is 25.4 Å². The number of nitrogens with zero attached hydrogens (tertiary/aromatic N) is 3. The van der Waals surface area contributed by atoms with Gasteiger partial charge in [0.05, 0.1) is 19.8 Å². The average molecular weight is 357 g/mol. The van der Waals surface area contributed by atoms with Crippen molar-refractivity contribution >= 4 is 5.97 Å². The van der Waals surface area contributed by atoms with Gasteiger partial charge in [-0.2, -0.15) is 9.71 Å². The Bertz CT molecular complexity index is 924. The minimum absolute atomic E-state index is 0.0830. The van der Waals surface area contributed by atoms with E-state index in [1.54, 1.807) is 31.4 Å². The lowest BCUT2D eigenvalue weighted by Gasteiger charge is -2.07. The van der Waals surface area contributed by atoms with E-state index in [9.17, 15) is 10.0 Å².